The second kappa shape index (κ2) is 12.0. The Bertz CT molecular complexity index is 1860. The lowest BCUT2D eigenvalue weighted by molar-refractivity contribution is -0.113. The Morgan fingerprint density at radius 3 is 2.43 bits per heavy atom. The Kier molecular flexibility index (Phi) is 8.21. The highest BCUT2D eigenvalue weighted by atomic mass is 32.1. The van der Waals surface area contributed by atoms with Crippen molar-refractivity contribution in [2.75, 3.05) is 19.5 Å². The van der Waals surface area contributed by atoms with Gasteiger partial charge in [-0.15, -0.1) is 0 Å². The minimum atomic E-state index is -3.01. The van der Waals surface area contributed by atoms with Crippen LogP contribution in [-0.2, 0) is 4.79 Å². The summed E-state index contributed by atoms with van der Waals surface area (Å²) in [7, 11) is 2.90. The first-order chi connectivity index (χ1) is 20.2. The Labute approximate surface area is 243 Å². The zero-order valence-electron chi connectivity index (χ0n) is 23.2. The molecule has 4 aromatic rings. The first-order valence-corrected chi connectivity index (χ1v) is 13.7. The number of anilines is 1. The van der Waals surface area contributed by atoms with Crippen molar-refractivity contribution in [1.29, 1.82) is 0 Å². The van der Waals surface area contributed by atoms with E-state index in [1.165, 1.54) is 23.8 Å². The average Bonchev–Trinajstić information content (AvgIpc) is 3.27. The molecule has 1 aliphatic heterocycles. The highest BCUT2D eigenvalue weighted by Crippen LogP contribution is 2.32. The minimum absolute atomic E-state index is 0.0962. The third kappa shape index (κ3) is 5.68. The zero-order valence-corrected chi connectivity index (χ0v) is 24.0. The van der Waals surface area contributed by atoms with Crippen LogP contribution in [0, 0.1) is 6.92 Å². The van der Waals surface area contributed by atoms with Gasteiger partial charge in [0.2, 0.25) is 0 Å². The standard InChI is InChI=1S/C31H27F2N3O5S/c1-17-7-5-6-8-22(17)35-28(37)26-18(2)34-31-36(27(26)20-10-12-21(39-3)13-11-20)29(38)25(42-31)16-19-9-14-23(41-30(32)33)24(15-19)40-4/h5-16,27,30H,1-4H3,(H,35,37)/b25-16+/t27-/m0/s1. The van der Waals surface area contributed by atoms with Gasteiger partial charge in [-0.25, -0.2) is 4.99 Å². The van der Waals surface area contributed by atoms with Gasteiger partial charge in [-0.3, -0.25) is 14.2 Å². The highest BCUT2D eigenvalue weighted by molar-refractivity contribution is 7.07. The number of nitrogens with zero attached hydrogens (tertiary/aromatic N) is 2. The molecule has 5 rings (SSSR count). The van der Waals surface area contributed by atoms with Gasteiger partial charge in [-0.1, -0.05) is 47.7 Å². The number of alkyl halides is 2. The number of hydrogen-bond acceptors (Lipinski definition) is 7. The number of carbonyl (C=O) groups is 1. The van der Waals surface area contributed by atoms with Crippen molar-refractivity contribution in [1.82, 2.24) is 4.57 Å². The van der Waals surface area contributed by atoms with Gasteiger partial charge in [-0.05, 0) is 66.9 Å². The fourth-order valence-corrected chi connectivity index (χ4v) is 5.78. The lowest BCUT2D eigenvalue weighted by atomic mass is 9.95. The van der Waals surface area contributed by atoms with Crippen molar-refractivity contribution in [3.8, 4) is 17.2 Å². The van der Waals surface area contributed by atoms with Crippen LogP contribution in [0.5, 0.6) is 17.2 Å². The molecule has 2 heterocycles. The van der Waals surface area contributed by atoms with E-state index in [0.29, 0.717) is 43.2 Å². The molecule has 1 N–H and O–H groups in total. The summed E-state index contributed by atoms with van der Waals surface area (Å²) >= 11 is 1.16. The number of para-hydroxylation sites is 1. The highest BCUT2D eigenvalue weighted by Gasteiger charge is 2.32. The second-order valence-electron chi connectivity index (χ2n) is 9.41. The molecule has 42 heavy (non-hydrogen) atoms. The molecule has 8 nitrogen and oxygen atoms in total. The van der Waals surface area contributed by atoms with Crippen molar-refractivity contribution >= 4 is 29.0 Å². The van der Waals surface area contributed by atoms with Gasteiger partial charge >= 0.3 is 6.61 Å². The van der Waals surface area contributed by atoms with Crippen LogP contribution in [0.15, 0.2) is 87.8 Å². The van der Waals surface area contributed by atoms with Crippen LogP contribution in [0.3, 0.4) is 0 Å². The predicted molar refractivity (Wildman–Crippen MR) is 156 cm³/mol. The molecular formula is C31H27F2N3O5S. The van der Waals surface area contributed by atoms with Crippen molar-refractivity contribution in [3.05, 3.63) is 114 Å². The normalized spacial score (nSPS) is 14.8. The molecule has 0 saturated carbocycles. The number of fused-ring (bicyclic) bond motifs is 1. The molecule has 3 aromatic carbocycles. The molecule has 0 spiro atoms. The Morgan fingerprint density at radius 1 is 1.02 bits per heavy atom. The molecular weight excluding hydrogens is 564 g/mol. The van der Waals surface area contributed by atoms with Crippen LogP contribution < -0.4 is 34.4 Å². The minimum Gasteiger partial charge on any atom is -0.497 e. The van der Waals surface area contributed by atoms with E-state index in [9.17, 15) is 18.4 Å². The van der Waals surface area contributed by atoms with Gasteiger partial charge in [0.1, 0.15) is 5.75 Å². The molecule has 0 fully saturated rings. The van der Waals surface area contributed by atoms with Gasteiger partial charge < -0.3 is 19.5 Å². The zero-order chi connectivity index (χ0) is 30.0. The Balaban J connectivity index is 1.63. The number of nitrogens with one attached hydrogen (secondary N) is 1. The number of thiazole rings is 1. The number of allylic oxidation sites excluding steroid dienone is 1. The number of hydrogen-bond donors (Lipinski definition) is 1. The van der Waals surface area contributed by atoms with E-state index < -0.39 is 12.7 Å². The molecule has 11 heteroatoms. The summed E-state index contributed by atoms with van der Waals surface area (Å²) in [6.07, 6.45) is 1.62. The number of halogens is 2. The molecule has 0 saturated heterocycles. The summed E-state index contributed by atoms with van der Waals surface area (Å²) in [4.78, 5) is 32.8. The molecule has 1 aliphatic rings. The Hall–Kier alpha value is -4.77. The maximum Gasteiger partial charge on any atom is 0.387 e. The number of ether oxygens (including phenoxy) is 3. The number of methoxy groups -OCH3 is 2. The number of carbonyl (C=O) groups excluding carboxylic acids is 1. The number of aromatic nitrogens is 1. The summed E-state index contributed by atoms with van der Waals surface area (Å²) in [6, 6.07) is 18.2. The lowest BCUT2D eigenvalue weighted by Gasteiger charge is -2.25. The van der Waals surface area contributed by atoms with Crippen molar-refractivity contribution in [2.24, 2.45) is 4.99 Å². The summed E-state index contributed by atoms with van der Waals surface area (Å²) in [6.45, 7) is 0.632. The largest absolute Gasteiger partial charge is 0.497 e. The van der Waals surface area contributed by atoms with E-state index >= 15 is 0 Å². The number of benzene rings is 3. The number of amides is 1. The molecule has 0 bridgehead atoms. The van der Waals surface area contributed by atoms with Crippen LogP contribution >= 0.6 is 11.3 Å². The monoisotopic (exact) mass is 591 g/mol. The SMILES string of the molecule is COc1ccc([C@H]2C(C(=O)Nc3ccccc3C)=C(C)N=c3s/c(=C/c4ccc(OC(F)F)c(OC)c4)c(=O)n32)cc1. The Morgan fingerprint density at radius 2 is 1.76 bits per heavy atom. The van der Waals surface area contributed by atoms with Crippen molar-refractivity contribution in [3.63, 3.8) is 0 Å². The molecule has 216 valence electrons. The van der Waals surface area contributed by atoms with Gasteiger partial charge in [0, 0.05) is 5.69 Å². The summed E-state index contributed by atoms with van der Waals surface area (Å²) in [5, 5.41) is 2.98. The van der Waals surface area contributed by atoms with E-state index in [-0.39, 0.29) is 23.0 Å². The maximum atomic E-state index is 13.9. The van der Waals surface area contributed by atoms with Crippen LogP contribution in [0.1, 0.15) is 29.7 Å². The van der Waals surface area contributed by atoms with Crippen molar-refractivity contribution < 1.29 is 27.8 Å². The van der Waals surface area contributed by atoms with Crippen LogP contribution in [0.4, 0.5) is 14.5 Å². The average molecular weight is 592 g/mol. The van der Waals surface area contributed by atoms with Crippen molar-refractivity contribution in [2.45, 2.75) is 26.5 Å². The molecule has 1 atom stereocenters. The van der Waals surface area contributed by atoms with Gasteiger partial charge in [0.15, 0.2) is 16.3 Å². The van der Waals surface area contributed by atoms with Crippen LogP contribution in [0.2, 0.25) is 0 Å². The molecule has 1 amide bonds. The third-order valence-corrected chi connectivity index (χ3v) is 7.78. The quantitative estimate of drug-likeness (QED) is 0.318. The first-order valence-electron chi connectivity index (χ1n) is 12.9. The number of aryl methyl sites for hydroxylation is 1. The lowest BCUT2D eigenvalue weighted by Crippen LogP contribution is -2.40. The van der Waals surface area contributed by atoms with Gasteiger partial charge in [-0.2, -0.15) is 8.78 Å². The maximum absolute atomic E-state index is 13.9. The van der Waals surface area contributed by atoms with E-state index in [1.807, 2.05) is 43.3 Å². The molecule has 1 aromatic heterocycles. The topological polar surface area (TPSA) is 91.2 Å². The van der Waals surface area contributed by atoms with E-state index in [2.05, 4.69) is 15.0 Å². The van der Waals surface area contributed by atoms with Gasteiger partial charge in [0.25, 0.3) is 11.5 Å². The second-order valence-corrected chi connectivity index (χ2v) is 10.4. The fraction of sp³-hybridized carbons (Fsp3) is 0.194. The van der Waals surface area contributed by atoms with Crippen LogP contribution in [-0.4, -0.2) is 31.3 Å². The third-order valence-electron chi connectivity index (χ3n) is 6.79. The summed E-state index contributed by atoms with van der Waals surface area (Å²) in [5.41, 5.74) is 3.23. The summed E-state index contributed by atoms with van der Waals surface area (Å²) < 4.78 is 42.4. The van der Waals surface area contributed by atoms with E-state index in [4.69, 9.17) is 9.47 Å². The molecule has 0 unspecified atom stereocenters. The molecule has 0 aliphatic carbocycles. The van der Waals surface area contributed by atoms with Gasteiger partial charge in [0.05, 0.1) is 36.1 Å². The molecule has 0 radical (unpaired) electrons. The van der Waals surface area contributed by atoms with E-state index in [0.717, 1.165) is 16.9 Å². The predicted octanol–water partition coefficient (Wildman–Crippen LogP) is 4.80. The summed E-state index contributed by atoms with van der Waals surface area (Å²) in [5.74, 6) is 0.232. The fourth-order valence-electron chi connectivity index (χ4n) is 4.73. The van der Waals surface area contributed by atoms with Crippen LogP contribution in [0.25, 0.3) is 6.08 Å². The first kappa shape index (κ1) is 28.7. The number of rotatable bonds is 8. The van der Waals surface area contributed by atoms with E-state index in [1.54, 1.807) is 38.3 Å². The smallest absolute Gasteiger partial charge is 0.387 e.